The molecule has 0 spiro atoms. The molecular formula is C21H36IN5O2. The first-order valence-corrected chi connectivity index (χ1v) is 10.1. The summed E-state index contributed by atoms with van der Waals surface area (Å²) in [4.78, 5) is 21.4. The number of para-hydroxylation sites is 1. The highest BCUT2D eigenvalue weighted by Crippen LogP contribution is 2.15. The van der Waals surface area contributed by atoms with Gasteiger partial charge in [0.05, 0.1) is 12.1 Å². The van der Waals surface area contributed by atoms with Crippen molar-refractivity contribution in [1.82, 2.24) is 15.5 Å². The zero-order valence-corrected chi connectivity index (χ0v) is 20.4. The Labute approximate surface area is 192 Å². The van der Waals surface area contributed by atoms with Gasteiger partial charge in [-0.1, -0.05) is 18.2 Å². The van der Waals surface area contributed by atoms with Crippen LogP contribution in [-0.2, 0) is 9.53 Å². The van der Waals surface area contributed by atoms with Crippen LogP contribution < -0.4 is 15.5 Å². The second kappa shape index (κ2) is 12.9. The third kappa shape index (κ3) is 8.77. The summed E-state index contributed by atoms with van der Waals surface area (Å²) in [6.07, 6.45) is 0.462. The molecule has 0 atom stereocenters. The molecule has 1 amide bonds. The van der Waals surface area contributed by atoms with Gasteiger partial charge in [0.1, 0.15) is 0 Å². The third-order valence-corrected chi connectivity index (χ3v) is 4.90. The van der Waals surface area contributed by atoms with Crippen LogP contribution in [0, 0.1) is 0 Å². The van der Waals surface area contributed by atoms with Crippen molar-refractivity contribution >= 4 is 41.5 Å². The van der Waals surface area contributed by atoms with Gasteiger partial charge in [-0.25, -0.2) is 0 Å². The summed E-state index contributed by atoms with van der Waals surface area (Å²) in [6.45, 7) is 11.2. The predicted molar refractivity (Wildman–Crippen MR) is 130 cm³/mol. The molecule has 2 rings (SSSR count). The number of carbonyl (C=O) groups is 1. The second-order valence-electron chi connectivity index (χ2n) is 7.54. The first-order valence-electron chi connectivity index (χ1n) is 10.1. The van der Waals surface area contributed by atoms with Gasteiger partial charge in [0, 0.05) is 58.5 Å². The lowest BCUT2D eigenvalue weighted by Gasteiger charge is -2.36. The minimum Gasteiger partial charge on any atom is -0.377 e. The number of hydrogen-bond donors (Lipinski definition) is 2. The third-order valence-electron chi connectivity index (χ3n) is 4.90. The monoisotopic (exact) mass is 517 g/mol. The highest BCUT2D eigenvalue weighted by molar-refractivity contribution is 14.0. The molecule has 0 unspecified atom stereocenters. The van der Waals surface area contributed by atoms with E-state index in [-0.39, 0.29) is 35.5 Å². The number of anilines is 1. The number of methoxy groups -OCH3 is 1. The number of piperazine rings is 1. The molecule has 29 heavy (non-hydrogen) atoms. The highest BCUT2D eigenvalue weighted by atomic mass is 127. The maximum atomic E-state index is 12.5. The van der Waals surface area contributed by atoms with E-state index < -0.39 is 0 Å². The number of rotatable bonds is 8. The summed E-state index contributed by atoms with van der Waals surface area (Å²) in [7, 11) is 1.69. The van der Waals surface area contributed by atoms with E-state index in [9.17, 15) is 4.79 Å². The largest absolute Gasteiger partial charge is 0.377 e. The molecule has 0 bridgehead atoms. The Hall–Kier alpha value is -1.55. The number of amides is 1. The molecule has 2 N–H and O–H groups in total. The predicted octanol–water partition coefficient (Wildman–Crippen LogP) is 2.32. The van der Waals surface area contributed by atoms with Crippen molar-refractivity contribution in [3.63, 3.8) is 0 Å². The van der Waals surface area contributed by atoms with Gasteiger partial charge < -0.3 is 25.2 Å². The highest BCUT2D eigenvalue weighted by Gasteiger charge is 2.21. The summed E-state index contributed by atoms with van der Waals surface area (Å²) in [5.41, 5.74) is 0.915. The molecule has 0 aliphatic carbocycles. The van der Waals surface area contributed by atoms with Crippen molar-refractivity contribution in [3.05, 3.63) is 30.3 Å². The average molecular weight is 517 g/mol. The van der Waals surface area contributed by atoms with E-state index in [0.29, 0.717) is 25.5 Å². The molecular weight excluding hydrogens is 481 g/mol. The maximum absolute atomic E-state index is 12.5. The van der Waals surface area contributed by atoms with E-state index in [1.54, 1.807) is 7.11 Å². The number of guanidine groups is 1. The standard InChI is InChI=1S/C21H35N5O2.HI/c1-5-22-20(24-17-21(2,3)28-4)23-12-11-19(27)26-15-13-25(14-16-26)18-9-7-6-8-10-18;/h6-10H,5,11-17H2,1-4H3,(H2,22,23,24);1H. The van der Waals surface area contributed by atoms with E-state index in [2.05, 4.69) is 44.8 Å². The van der Waals surface area contributed by atoms with Crippen LogP contribution in [0.15, 0.2) is 35.3 Å². The number of benzene rings is 1. The Balaban J connectivity index is 0.00000420. The Bertz CT molecular complexity index is 631. The fourth-order valence-corrected chi connectivity index (χ4v) is 2.97. The smallest absolute Gasteiger partial charge is 0.224 e. The molecule has 1 aliphatic rings. The first-order chi connectivity index (χ1) is 13.4. The van der Waals surface area contributed by atoms with Crippen LogP contribution in [0.4, 0.5) is 5.69 Å². The number of hydrogen-bond acceptors (Lipinski definition) is 4. The summed E-state index contributed by atoms with van der Waals surface area (Å²) in [5, 5.41) is 6.46. The van der Waals surface area contributed by atoms with Crippen molar-refractivity contribution < 1.29 is 9.53 Å². The molecule has 1 aromatic carbocycles. The average Bonchev–Trinajstić information content (AvgIpc) is 2.72. The van der Waals surface area contributed by atoms with E-state index in [1.807, 2.05) is 31.7 Å². The van der Waals surface area contributed by atoms with Crippen LogP contribution in [0.1, 0.15) is 27.2 Å². The van der Waals surface area contributed by atoms with E-state index in [4.69, 9.17) is 4.74 Å². The molecule has 0 radical (unpaired) electrons. The lowest BCUT2D eigenvalue weighted by Crippen LogP contribution is -2.49. The zero-order valence-electron chi connectivity index (χ0n) is 18.1. The molecule has 0 saturated carbocycles. The normalized spacial score (nSPS) is 15.0. The van der Waals surface area contributed by atoms with Gasteiger partial charge in [-0.15, -0.1) is 24.0 Å². The molecule has 1 aromatic rings. The quantitative estimate of drug-likeness (QED) is 0.315. The minimum absolute atomic E-state index is 0. The van der Waals surface area contributed by atoms with Crippen LogP contribution in [0.25, 0.3) is 0 Å². The molecule has 8 heteroatoms. The maximum Gasteiger partial charge on any atom is 0.224 e. The molecule has 1 heterocycles. The molecule has 7 nitrogen and oxygen atoms in total. The molecule has 1 fully saturated rings. The second-order valence-corrected chi connectivity index (χ2v) is 7.54. The number of nitrogens with one attached hydrogen (secondary N) is 2. The van der Waals surface area contributed by atoms with Crippen LogP contribution in [0.3, 0.4) is 0 Å². The van der Waals surface area contributed by atoms with Gasteiger partial charge in [0.25, 0.3) is 0 Å². The van der Waals surface area contributed by atoms with Gasteiger partial charge in [-0.05, 0) is 32.9 Å². The van der Waals surface area contributed by atoms with E-state index >= 15 is 0 Å². The van der Waals surface area contributed by atoms with Crippen molar-refractivity contribution in [3.8, 4) is 0 Å². The fraction of sp³-hybridized carbons (Fsp3) is 0.619. The lowest BCUT2D eigenvalue weighted by molar-refractivity contribution is -0.131. The summed E-state index contributed by atoms with van der Waals surface area (Å²) >= 11 is 0. The van der Waals surface area contributed by atoms with E-state index in [1.165, 1.54) is 5.69 Å². The van der Waals surface area contributed by atoms with E-state index in [0.717, 1.165) is 32.7 Å². The minimum atomic E-state index is -0.309. The van der Waals surface area contributed by atoms with Gasteiger partial charge in [-0.2, -0.15) is 0 Å². The summed E-state index contributed by atoms with van der Waals surface area (Å²) < 4.78 is 5.40. The zero-order chi connectivity index (χ0) is 20.4. The first kappa shape index (κ1) is 25.5. The SMILES string of the molecule is CCNC(=NCC(C)(C)OC)NCCC(=O)N1CCN(c2ccccc2)CC1.I. The number of halogens is 1. The number of nitrogens with zero attached hydrogens (tertiary/aromatic N) is 3. The topological polar surface area (TPSA) is 69.2 Å². The number of carbonyl (C=O) groups excluding carboxylic acids is 1. The van der Waals surface area contributed by atoms with Crippen LogP contribution in [-0.4, -0.2) is 75.3 Å². The van der Waals surface area contributed by atoms with Gasteiger partial charge in [0.15, 0.2) is 5.96 Å². The van der Waals surface area contributed by atoms with Gasteiger partial charge >= 0.3 is 0 Å². The Morgan fingerprint density at radius 1 is 1.14 bits per heavy atom. The summed E-state index contributed by atoms with van der Waals surface area (Å²) in [6, 6.07) is 10.4. The molecule has 0 aromatic heterocycles. The van der Waals surface area contributed by atoms with Crippen molar-refractivity contribution in [1.29, 1.82) is 0 Å². The van der Waals surface area contributed by atoms with Crippen molar-refractivity contribution in [2.45, 2.75) is 32.8 Å². The van der Waals surface area contributed by atoms with Crippen LogP contribution in [0.2, 0.25) is 0 Å². The Morgan fingerprint density at radius 2 is 1.79 bits per heavy atom. The lowest BCUT2D eigenvalue weighted by atomic mass is 10.1. The van der Waals surface area contributed by atoms with Gasteiger partial charge in [0.2, 0.25) is 5.91 Å². The fourth-order valence-electron chi connectivity index (χ4n) is 2.97. The molecule has 1 saturated heterocycles. The van der Waals surface area contributed by atoms with Gasteiger partial charge in [-0.3, -0.25) is 9.79 Å². The number of aliphatic imine (C=N–C) groups is 1. The summed E-state index contributed by atoms with van der Waals surface area (Å²) in [5.74, 6) is 0.905. The van der Waals surface area contributed by atoms with Crippen LogP contribution in [0.5, 0.6) is 0 Å². The number of ether oxygens (including phenoxy) is 1. The molecule has 1 aliphatic heterocycles. The Morgan fingerprint density at radius 3 is 2.38 bits per heavy atom. The molecule has 164 valence electrons. The van der Waals surface area contributed by atoms with Crippen molar-refractivity contribution in [2.75, 3.05) is 57.8 Å². The van der Waals surface area contributed by atoms with Crippen molar-refractivity contribution in [2.24, 2.45) is 4.99 Å². The Kier molecular flexibility index (Phi) is 11.3. The van der Waals surface area contributed by atoms with Crippen LogP contribution >= 0.6 is 24.0 Å².